The van der Waals surface area contributed by atoms with E-state index in [1.807, 2.05) is 0 Å². The lowest BCUT2D eigenvalue weighted by molar-refractivity contribution is -0.148. The van der Waals surface area contributed by atoms with E-state index in [0.717, 1.165) is 0 Å². The number of alkyl halides is 2. The molecule has 9 heteroatoms. The van der Waals surface area contributed by atoms with Gasteiger partial charge in [0.15, 0.2) is 5.78 Å². The molecule has 3 rings (SSSR count). The molecule has 0 spiro atoms. The average molecular weight is 317 g/mol. The van der Waals surface area contributed by atoms with Crippen molar-refractivity contribution in [3.63, 3.8) is 0 Å². The van der Waals surface area contributed by atoms with Crippen molar-refractivity contribution in [3.05, 3.63) is 0 Å². The van der Waals surface area contributed by atoms with Gasteiger partial charge in [0.1, 0.15) is 6.04 Å². The van der Waals surface area contributed by atoms with Crippen LogP contribution in [0.3, 0.4) is 0 Å². The summed E-state index contributed by atoms with van der Waals surface area (Å²) in [6.07, 6.45) is -0.0254. The summed E-state index contributed by atoms with van der Waals surface area (Å²) in [5, 5.41) is 12.6. The summed E-state index contributed by atoms with van der Waals surface area (Å²) in [4.78, 5) is 36.8. The van der Waals surface area contributed by atoms with Crippen LogP contribution in [0, 0.1) is 5.92 Å². The molecule has 0 radical (unpaired) electrons. The summed E-state index contributed by atoms with van der Waals surface area (Å²) < 4.78 is 25.4. The van der Waals surface area contributed by atoms with E-state index in [9.17, 15) is 28.4 Å². The molecule has 22 heavy (non-hydrogen) atoms. The maximum absolute atomic E-state index is 12.7. The van der Waals surface area contributed by atoms with E-state index < -0.39 is 48.4 Å². The number of carbonyl (C=O) groups excluding carboxylic acids is 3. The molecule has 0 aromatic heterocycles. The topological polar surface area (TPSA) is 90.0 Å². The summed E-state index contributed by atoms with van der Waals surface area (Å²) in [5.41, 5.74) is 0. The lowest BCUT2D eigenvalue weighted by Gasteiger charge is -2.34. The number of amides is 3. The quantitative estimate of drug-likeness (QED) is 0.733. The molecule has 2 heterocycles. The van der Waals surface area contributed by atoms with Crippen molar-refractivity contribution in [3.8, 4) is 0 Å². The fourth-order valence-corrected chi connectivity index (χ4v) is 3.25. The number of nitrogens with zero attached hydrogens (tertiary/aromatic N) is 2. The Morgan fingerprint density at radius 2 is 2.00 bits per heavy atom. The minimum Gasteiger partial charge on any atom is -0.347 e. The SMILES string of the molecule is O=C(CNC(=O)[C@@H]1CC[C@@H]2CN1C(=O)N2O)C1CC(F)(F)C1. The molecule has 2 saturated heterocycles. The average Bonchev–Trinajstić information content (AvgIpc) is 2.67. The van der Waals surface area contributed by atoms with Crippen LogP contribution in [-0.4, -0.2) is 64.0 Å². The fraction of sp³-hybridized carbons (Fsp3) is 0.769. The standard InChI is InChI=1S/C13H17F2N3O4/c14-13(15)3-7(4-13)10(19)5-16-11(20)9-2-1-8-6-17(9)12(21)18(8)22/h7-9,22H,1-6H2,(H,16,20)/t8-,9+/m1/s1. The van der Waals surface area contributed by atoms with Crippen LogP contribution in [0.25, 0.3) is 0 Å². The third-order valence-corrected chi connectivity index (χ3v) is 4.63. The summed E-state index contributed by atoms with van der Waals surface area (Å²) in [6, 6.07) is -1.64. The van der Waals surface area contributed by atoms with Gasteiger partial charge < -0.3 is 10.2 Å². The van der Waals surface area contributed by atoms with Crippen LogP contribution in [-0.2, 0) is 9.59 Å². The molecule has 2 bridgehead atoms. The van der Waals surface area contributed by atoms with Gasteiger partial charge in [-0.15, -0.1) is 0 Å². The molecule has 0 aromatic rings. The number of piperidine rings is 1. The first-order valence-electron chi connectivity index (χ1n) is 7.25. The monoisotopic (exact) mass is 317 g/mol. The molecule has 3 fully saturated rings. The van der Waals surface area contributed by atoms with Crippen molar-refractivity contribution in [2.75, 3.05) is 13.1 Å². The van der Waals surface area contributed by atoms with Crippen molar-refractivity contribution in [1.29, 1.82) is 0 Å². The predicted octanol–water partition coefficient (Wildman–Crippen LogP) is 0.375. The van der Waals surface area contributed by atoms with Crippen LogP contribution >= 0.6 is 0 Å². The Morgan fingerprint density at radius 1 is 1.32 bits per heavy atom. The first-order chi connectivity index (χ1) is 10.3. The number of ketones is 1. The molecular weight excluding hydrogens is 300 g/mol. The Labute approximate surface area is 125 Å². The Balaban J connectivity index is 1.50. The minimum absolute atomic E-state index is 0.274. The number of fused-ring (bicyclic) bond motifs is 2. The molecule has 3 aliphatic rings. The highest BCUT2D eigenvalue weighted by Crippen LogP contribution is 2.42. The van der Waals surface area contributed by atoms with Gasteiger partial charge >= 0.3 is 6.03 Å². The maximum Gasteiger partial charge on any atom is 0.344 e. The van der Waals surface area contributed by atoms with E-state index >= 15 is 0 Å². The highest BCUT2D eigenvalue weighted by molar-refractivity contribution is 5.92. The molecule has 0 unspecified atom stereocenters. The Kier molecular flexibility index (Phi) is 3.54. The highest BCUT2D eigenvalue weighted by atomic mass is 19.3. The zero-order valence-corrected chi connectivity index (χ0v) is 11.8. The third-order valence-electron chi connectivity index (χ3n) is 4.63. The van der Waals surface area contributed by atoms with E-state index in [4.69, 9.17) is 0 Å². The summed E-state index contributed by atoms with van der Waals surface area (Å²) in [5.74, 6) is -4.37. The zero-order valence-electron chi connectivity index (χ0n) is 11.8. The van der Waals surface area contributed by atoms with Gasteiger partial charge in [0.05, 0.1) is 12.6 Å². The Bertz CT molecular complexity index is 519. The number of hydrogen-bond donors (Lipinski definition) is 2. The van der Waals surface area contributed by atoms with Crippen molar-refractivity contribution in [2.24, 2.45) is 5.92 Å². The number of nitrogens with one attached hydrogen (secondary N) is 1. The second kappa shape index (κ2) is 5.15. The van der Waals surface area contributed by atoms with Gasteiger partial charge in [-0.05, 0) is 12.8 Å². The van der Waals surface area contributed by atoms with Crippen molar-refractivity contribution in [2.45, 2.75) is 43.7 Å². The van der Waals surface area contributed by atoms with Gasteiger partial charge in [0, 0.05) is 25.3 Å². The van der Waals surface area contributed by atoms with Gasteiger partial charge in [0.25, 0.3) is 0 Å². The predicted molar refractivity (Wildman–Crippen MR) is 68.2 cm³/mol. The molecule has 2 aliphatic heterocycles. The van der Waals surface area contributed by atoms with Gasteiger partial charge in [-0.2, -0.15) is 0 Å². The van der Waals surface area contributed by atoms with E-state index in [1.54, 1.807) is 0 Å². The van der Waals surface area contributed by atoms with E-state index in [0.29, 0.717) is 17.9 Å². The van der Waals surface area contributed by atoms with Gasteiger partial charge in [0.2, 0.25) is 11.8 Å². The van der Waals surface area contributed by atoms with Crippen molar-refractivity contribution < 1.29 is 28.4 Å². The minimum atomic E-state index is -2.77. The molecular formula is C13H17F2N3O4. The van der Waals surface area contributed by atoms with Gasteiger partial charge in [-0.1, -0.05) is 0 Å². The lowest BCUT2D eigenvalue weighted by atomic mass is 9.78. The van der Waals surface area contributed by atoms with Crippen LogP contribution in [0.15, 0.2) is 0 Å². The second-order valence-corrected chi connectivity index (χ2v) is 6.17. The number of hydroxylamine groups is 2. The summed E-state index contributed by atoms with van der Waals surface area (Å²) in [7, 11) is 0. The summed E-state index contributed by atoms with van der Waals surface area (Å²) >= 11 is 0. The zero-order chi connectivity index (χ0) is 16.1. The molecule has 1 saturated carbocycles. The van der Waals surface area contributed by atoms with Crippen LogP contribution < -0.4 is 5.32 Å². The molecule has 1 aliphatic carbocycles. The van der Waals surface area contributed by atoms with Crippen molar-refractivity contribution >= 4 is 17.7 Å². The van der Waals surface area contributed by atoms with Crippen molar-refractivity contribution in [1.82, 2.24) is 15.3 Å². The molecule has 122 valence electrons. The van der Waals surface area contributed by atoms with Gasteiger partial charge in [-0.3, -0.25) is 14.8 Å². The van der Waals surface area contributed by atoms with E-state index in [2.05, 4.69) is 5.32 Å². The number of urea groups is 1. The van der Waals surface area contributed by atoms with Gasteiger partial charge in [-0.25, -0.2) is 18.6 Å². The maximum atomic E-state index is 12.7. The third kappa shape index (κ3) is 2.53. The summed E-state index contributed by atoms with van der Waals surface area (Å²) in [6.45, 7) is -0.0272. The molecule has 7 nitrogen and oxygen atoms in total. The largest absolute Gasteiger partial charge is 0.347 e. The number of Topliss-reactive ketones (excluding diaryl/α,β-unsaturated/α-hetero) is 1. The van der Waals surface area contributed by atoms with E-state index in [-0.39, 0.29) is 19.1 Å². The second-order valence-electron chi connectivity index (χ2n) is 6.17. The number of halogens is 2. The first-order valence-corrected chi connectivity index (χ1v) is 7.25. The molecule has 0 aromatic carbocycles. The Morgan fingerprint density at radius 3 is 2.64 bits per heavy atom. The smallest absolute Gasteiger partial charge is 0.344 e. The molecule has 2 N–H and O–H groups in total. The number of carbonyl (C=O) groups is 3. The molecule has 2 atom stereocenters. The van der Waals surface area contributed by atoms with E-state index in [1.165, 1.54) is 4.90 Å². The number of rotatable bonds is 4. The van der Waals surface area contributed by atoms with Crippen LogP contribution in [0.5, 0.6) is 0 Å². The highest BCUT2D eigenvalue weighted by Gasteiger charge is 2.49. The Hall–Kier alpha value is -1.77. The van der Waals surface area contributed by atoms with Crippen LogP contribution in [0.2, 0.25) is 0 Å². The fourth-order valence-electron chi connectivity index (χ4n) is 3.25. The number of hydrogen-bond acceptors (Lipinski definition) is 4. The first kappa shape index (κ1) is 15.1. The van der Waals surface area contributed by atoms with Crippen LogP contribution in [0.4, 0.5) is 13.6 Å². The lowest BCUT2D eigenvalue weighted by Crippen LogP contribution is -2.51. The molecule has 3 amide bonds. The normalized spacial score (nSPS) is 30.2. The van der Waals surface area contributed by atoms with Crippen LogP contribution in [0.1, 0.15) is 25.7 Å².